The Labute approximate surface area is 204 Å². The van der Waals surface area contributed by atoms with Crippen molar-refractivity contribution in [2.45, 2.75) is 19.4 Å². The van der Waals surface area contributed by atoms with E-state index in [4.69, 9.17) is 21.3 Å². The van der Waals surface area contributed by atoms with Gasteiger partial charge in [-0.2, -0.15) is 0 Å². The smallest absolute Gasteiger partial charge is 0.195 e. The number of rotatable bonds is 4. The first-order chi connectivity index (χ1) is 15.9. The monoisotopic (exact) mass is 492 g/mol. The Kier molecular flexibility index (Phi) is 5.60. The SMILES string of the molecule is COc1ccc2c(c1)-c1c(ssc1=Nc1cc(Cl)ccc1C(=O)c1ccccc1)C(C)(C)N2. The van der Waals surface area contributed by atoms with Gasteiger partial charge in [-0.05, 0) is 50.2 Å². The molecule has 0 spiro atoms. The van der Waals surface area contributed by atoms with Gasteiger partial charge in [0.15, 0.2) is 5.78 Å². The van der Waals surface area contributed by atoms with Crippen LogP contribution in [0.15, 0.2) is 71.7 Å². The molecule has 0 saturated carbocycles. The maximum Gasteiger partial charge on any atom is 0.195 e. The van der Waals surface area contributed by atoms with Crippen LogP contribution in [0.4, 0.5) is 11.4 Å². The van der Waals surface area contributed by atoms with Crippen molar-refractivity contribution in [3.05, 3.63) is 92.4 Å². The summed E-state index contributed by atoms with van der Waals surface area (Å²) < 4.78 is 6.33. The second-order valence-electron chi connectivity index (χ2n) is 8.31. The minimum absolute atomic E-state index is 0.0795. The molecule has 0 aliphatic carbocycles. The van der Waals surface area contributed by atoms with Crippen LogP contribution in [0.3, 0.4) is 0 Å². The van der Waals surface area contributed by atoms with E-state index in [9.17, 15) is 4.79 Å². The van der Waals surface area contributed by atoms with E-state index in [2.05, 4.69) is 19.2 Å². The van der Waals surface area contributed by atoms with Crippen LogP contribution in [0.25, 0.3) is 11.1 Å². The number of hydrogen-bond acceptors (Lipinski definition) is 6. The van der Waals surface area contributed by atoms with Crippen molar-refractivity contribution in [3.8, 4) is 16.9 Å². The lowest BCUT2D eigenvalue weighted by Crippen LogP contribution is -2.31. The molecule has 0 bridgehead atoms. The summed E-state index contributed by atoms with van der Waals surface area (Å²) in [5, 5.41) is 4.16. The van der Waals surface area contributed by atoms with Crippen molar-refractivity contribution < 1.29 is 9.53 Å². The zero-order valence-corrected chi connectivity index (χ0v) is 20.7. The second kappa shape index (κ2) is 8.45. The minimum atomic E-state index is -0.247. The number of hydrogen-bond donors (Lipinski definition) is 1. The van der Waals surface area contributed by atoms with Crippen LogP contribution in [-0.2, 0) is 5.54 Å². The van der Waals surface area contributed by atoms with Gasteiger partial charge in [-0.15, -0.1) is 0 Å². The van der Waals surface area contributed by atoms with Crippen LogP contribution >= 0.6 is 32.3 Å². The summed E-state index contributed by atoms with van der Waals surface area (Å²) in [5.41, 5.74) is 4.60. The van der Waals surface area contributed by atoms with E-state index in [1.54, 1.807) is 46.0 Å². The van der Waals surface area contributed by atoms with Crippen molar-refractivity contribution in [2.75, 3.05) is 12.4 Å². The first kappa shape index (κ1) is 21.9. The summed E-state index contributed by atoms with van der Waals surface area (Å²) in [7, 11) is 4.96. The molecule has 0 fully saturated rings. The number of carbonyl (C=O) groups is 1. The summed E-state index contributed by atoms with van der Waals surface area (Å²) >= 11 is 6.33. The van der Waals surface area contributed by atoms with E-state index in [-0.39, 0.29) is 11.3 Å². The van der Waals surface area contributed by atoms with E-state index < -0.39 is 0 Å². The second-order valence-corrected chi connectivity index (χ2v) is 10.9. The van der Waals surface area contributed by atoms with Crippen LogP contribution in [0.2, 0.25) is 5.02 Å². The predicted molar refractivity (Wildman–Crippen MR) is 137 cm³/mol. The average Bonchev–Trinajstić information content (AvgIpc) is 3.24. The lowest BCUT2D eigenvalue weighted by atomic mass is 9.90. The van der Waals surface area contributed by atoms with Crippen LogP contribution in [0, 0.1) is 0 Å². The molecular weight excluding hydrogens is 472 g/mol. The van der Waals surface area contributed by atoms with Crippen molar-refractivity contribution in [1.29, 1.82) is 0 Å². The predicted octanol–water partition coefficient (Wildman–Crippen LogP) is 7.26. The summed E-state index contributed by atoms with van der Waals surface area (Å²) in [6.45, 7) is 4.32. The van der Waals surface area contributed by atoms with Crippen molar-refractivity contribution >= 4 is 49.4 Å². The van der Waals surface area contributed by atoms with Crippen LogP contribution in [0.5, 0.6) is 5.75 Å². The Morgan fingerprint density at radius 2 is 1.82 bits per heavy atom. The number of ketones is 1. The number of methoxy groups -OCH3 is 1. The summed E-state index contributed by atoms with van der Waals surface area (Å²) in [6.07, 6.45) is 0. The van der Waals surface area contributed by atoms with Gasteiger partial charge in [-0.1, -0.05) is 62.6 Å². The quantitative estimate of drug-likeness (QED) is 0.241. The first-order valence-corrected chi connectivity index (χ1v) is 12.9. The highest BCUT2D eigenvalue weighted by atomic mass is 35.5. The lowest BCUT2D eigenvalue weighted by molar-refractivity contribution is 0.103. The topological polar surface area (TPSA) is 50.7 Å². The number of nitrogens with one attached hydrogen (secondary N) is 1. The largest absolute Gasteiger partial charge is 0.497 e. The van der Waals surface area contributed by atoms with E-state index in [0.717, 1.165) is 27.2 Å². The summed E-state index contributed by atoms with van der Waals surface area (Å²) in [5.74, 6) is 0.704. The molecule has 1 N–H and O–H groups in total. The number of ether oxygens (including phenoxy) is 1. The van der Waals surface area contributed by atoms with Crippen LogP contribution < -0.4 is 14.7 Å². The third-order valence-corrected chi connectivity index (χ3v) is 8.49. The molecule has 4 aromatic rings. The lowest BCUT2D eigenvalue weighted by Gasteiger charge is -2.33. The molecule has 0 radical (unpaired) electrons. The molecule has 0 atom stereocenters. The van der Waals surface area contributed by atoms with E-state index >= 15 is 0 Å². The number of fused-ring (bicyclic) bond motifs is 3. The number of carbonyl (C=O) groups excluding carboxylic acids is 1. The molecule has 5 rings (SSSR count). The fraction of sp³-hybridized carbons (Fsp3) is 0.154. The highest BCUT2D eigenvalue weighted by molar-refractivity contribution is 7.68. The zero-order chi connectivity index (χ0) is 23.2. The Balaban J connectivity index is 1.73. The Morgan fingerprint density at radius 1 is 1.03 bits per heavy atom. The molecule has 33 heavy (non-hydrogen) atoms. The van der Waals surface area contributed by atoms with Gasteiger partial charge in [0, 0.05) is 33.0 Å². The van der Waals surface area contributed by atoms with Gasteiger partial charge in [0.05, 0.1) is 23.2 Å². The van der Waals surface area contributed by atoms with Crippen LogP contribution in [0.1, 0.15) is 34.6 Å². The number of anilines is 1. The van der Waals surface area contributed by atoms with Crippen LogP contribution in [-0.4, -0.2) is 12.9 Å². The Morgan fingerprint density at radius 3 is 2.58 bits per heavy atom. The molecule has 1 aromatic heterocycles. The van der Waals surface area contributed by atoms with Gasteiger partial charge < -0.3 is 10.1 Å². The van der Waals surface area contributed by atoms with E-state index in [0.29, 0.717) is 21.8 Å². The number of halogens is 1. The maximum absolute atomic E-state index is 13.3. The fourth-order valence-corrected chi connectivity index (χ4v) is 7.09. The molecule has 1 aliphatic rings. The molecule has 166 valence electrons. The molecule has 0 saturated heterocycles. The van der Waals surface area contributed by atoms with E-state index in [1.807, 2.05) is 48.5 Å². The van der Waals surface area contributed by atoms with Gasteiger partial charge in [0.1, 0.15) is 10.4 Å². The van der Waals surface area contributed by atoms with Crippen molar-refractivity contribution in [3.63, 3.8) is 0 Å². The van der Waals surface area contributed by atoms with Gasteiger partial charge >= 0.3 is 0 Å². The highest BCUT2D eigenvalue weighted by Crippen LogP contribution is 2.46. The Bertz CT molecular complexity index is 1440. The number of benzene rings is 3. The zero-order valence-electron chi connectivity index (χ0n) is 18.3. The highest BCUT2D eigenvalue weighted by Gasteiger charge is 2.34. The molecule has 0 unspecified atom stereocenters. The van der Waals surface area contributed by atoms with Gasteiger partial charge in [-0.25, -0.2) is 4.99 Å². The summed E-state index contributed by atoms with van der Waals surface area (Å²) in [4.78, 5) is 19.5. The minimum Gasteiger partial charge on any atom is -0.497 e. The third kappa shape index (κ3) is 3.99. The molecular formula is C26H21ClN2O2S2. The Hall–Kier alpha value is -2.93. The fourth-order valence-electron chi connectivity index (χ4n) is 3.99. The van der Waals surface area contributed by atoms with Crippen molar-refractivity contribution in [1.82, 2.24) is 0 Å². The molecule has 7 heteroatoms. The van der Waals surface area contributed by atoms with E-state index in [1.165, 1.54) is 4.88 Å². The third-order valence-electron chi connectivity index (χ3n) is 5.62. The number of nitrogens with zero attached hydrogens (tertiary/aromatic N) is 1. The molecule has 2 heterocycles. The molecule has 3 aromatic carbocycles. The molecule has 1 aliphatic heterocycles. The first-order valence-electron chi connectivity index (χ1n) is 10.4. The standard InChI is InChI=1S/C26H21ClN2O2S2/c1-26(2)24-22(19-14-17(31-3)10-12-20(19)29-26)25(33-32-24)28-21-13-16(27)9-11-18(21)23(30)15-7-5-4-6-8-15/h4-14,29H,1-3H3. The maximum atomic E-state index is 13.3. The normalized spacial score (nSPS) is 14.2. The van der Waals surface area contributed by atoms with Crippen molar-refractivity contribution in [2.24, 2.45) is 4.99 Å². The summed E-state index contributed by atoms with van der Waals surface area (Å²) in [6, 6.07) is 20.5. The molecule has 0 amide bonds. The average molecular weight is 493 g/mol. The van der Waals surface area contributed by atoms with Gasteiger partial charge in [0.25, 0.3) is 0 Å². The van der Waals surface area contributed by atoms with Gasteiger partial charge in [0.2, 0.25) is 0 Å². The molecule has 4 nitrogen and oxygen atoms in total. The van der Waals surface area contributed by atoms with Gasteiger partial charge in [-0.3, -0.25) is 4.79 Å².